The van der Waals surface area contributed by atoms with Crippen molar-refractivity contribution in [3.8, 4) is 5.75 Å². The van der Waals surface area contributed by atoms with Crippen LogP contribution in [-0.4, -0.2) is 13.7 Å². The van der Waals surface area contributed by atoms with Crippen LogP contribution in [0.5, 0.6) is 5.75 Å². The lowest BCUT2D eigenvalue weighted by Gasteiger charge is -2.40. The van der Waals surface area contributed by atoms with Gasteiger partial charge >= 0.3 is 0 Å². The SMILES string of the molecule is COc1ccc2c(c1)[C@H]1C[C@@H](c3ccc(F)cc3)OC[C@@H]1CC2. The van der Waals surface area contributed by atoms with Gasteiger partial charge in [-0.2, -0.15) is 0 Å². The van der Waals surface area contributed by atoms with Crippen molar-refractivity contribution in [2.24, 2.45) is 5.92 Å². The standard InChI is InChI=1S/C20H21FO2/c1-22-17-9-6-13-2-3-15-12-23-20(11-19(15)18(13)10-17)14-4-7-16(21)8-5-14/h4-10,15,19-20H,2-3,11-12H2,1H3/t15-,19-,20-/m0/s1. The summed E-state index contributed by atoms with van der Waals surface area (Å²) in [6.45, 7) is 0.781. The van der Waals surface area contributed by atoms with E-state index in [1.807, 2.05) is 12.1 Å². The van der Waals surface area contributed by atoms with Crippen molar-refractivity contribution in [1.29, 1.82) is 0 Å². The van der Waals surface area contributed by atoms with E-state index in [0.29, 0.717) is 11.8 Å². The van der Waals surface area contributed by atoms with E-state index in [0.717, 1.165) is 30.8 Å². The number of fused-ring (bicyclic) bond motifs is 3. The second-order valence-electron chi connectivity index (χ2n) is 6.58. The fraction of sp³-hybridized carbons (Fsp3) is 0.400. The summed E-state index contributed by atoms with van der Waals surface area (Å²) in [4.78, 5) is 0. The first-order chi connectivity index (χ1) is 11.2. The molecule has 1 fully saturated rings. The summed E-state index contributed by atoms with van der Waals surface area (Å²) in [7, 11) is 1.72. The maximum Gasteiger partial charge on any atom is 0.123 e. The zero-order valence-electron chi connectivity index (χ0n) is 13.3. The van der Waals surface area contributed by atoms with Crippen LogP contribution in [0.3, 0.4) is 0 Å². The lowest BCUT2D eigenvalue weighted by molar-refractivity contribution is -0.0340. The van der Waals surface area contributed by atoms with Gasteiger partial charge in [0.05, 0.1) is 19.8 Å². The third-order valence-electron chi connectivity index (χ3n) is 5.33. The molecule has 0 radical (unpaired) electrons. The molecular formula is C20H21FO2. The monoisotopic (exact) mass is 312 g/mol. The molecule has 2 aliphatic rings. The van der Waals surface area contributed by atoms with Gasteiger partial charge in [0.25, 0.3) is 0 Å². The number of ether oxygens (including phenoxy) is 2. The van der Waals surface area contributed by atoms with Crippen LogP contribution in [0.2, 0.25) is 0 Å². The van der Waals surface area contributed by atoms with E-state index in [4.69, 9.17) is 9.47 Å². The van der Waals surface area contributed by atoms with Crippen LogP contribution in [0.4, 0.5) is 4.39 Å². The van der Waals surface area contributed by atoms with Gasteiger partial charge in [-0.3, -0.25) is 0 Å². The number of aryl methyl sites for hydroxylation is 1. The van der Waals surface area contributed by atoms with Crippen molar-refractivity contribution >= 4 is 0 Å². The molecule has 3 atom stereocenters. The summed E-state index contributed by atoms with van der Waals surface area (Å²) in [6.07, 6.45) is 3.30. The van der Waals surface area contributed by atoms with Gasteiger partial charge in [0.2, 0.25) is 0 Å². The van der Waals surface area contributed by atoms with Crippen LogP contribution in [0.25, 0.3) is 0 Å². The second-order valence-corrected chi connectivity index (χ2v) is 6.58. The highest BCUT2D eigenvalue weighted by atomic mass is 19.1. The molecule has 0 N–H and O–H groups in total. The van der Waals surface area contributed by atoms with Crippen LogP contribution < -0.4 is 4.74 Å². The van der Waals surface area contributed by atoms with Crippen molar-refractivity contribution in [3.05, 3.63) is 65.0 Å². The predicted molar refractivity (Wildman–Crippen MR) is 87.3 cm³/mol. The van der Waals surface area contributed by atoms with Gasteiger partial charge in [-0.15, -0.1) is 0 Å². The fourth-order valence-electron chi connectivity index (χ4n) is 4.04. The lowest BCUT2D eigenvalue weighted by atomic mass is 9.71. The van der Waals surface area contributed by atoms with Crippen LogP contribution in [-0.2, 0) is 11.2 Å². The summed E-state index contributed by atoms with van der Waals surface area (Å²) in [6, 6.07) is 13.2. The van der Waals surface area contributed by atoms with E-state index in [1.165, 1.54) is 29.7 Å². The molecule has 1 aliphatic carbocycles. The number of methoxy groups -OCH3 is 1. The summed E-state index contributed by atoms with van der Waals surface area (Å²) >= 11 is 0. The van der Waals surface area contributed by atoms with Gasteiger partial charge in [0.15, 0.2) is 0 Å². The van der Waals surface area contributed by atoms with E-state index < -0.39 is 0 Å². The third-order valence-corrected chi connectivity index (χ3v) is 5.33. The minimum atomic E-state index is -0.199. The predicted octanol–water partition coefficient (Wildman–Crippen LogP) is 4.64. The van der Waals surface area contributed by atoms with Crippen LogP contribution >= 0.6 is 0 Å². The molecule has 23 heavy (non-hydrogen) atoms. The Morgan fingerprint density at radius 2 is 1.96 bits per heavy atom. The van der Waals surface area contributed by atoms with Gasteiger partial charge in [0, 0.05) is 0 Å². The Morgan fingerprint density at radius 3 is 2.74 bits per heavy atom. The van der Waals surface area contributed by atoms with Gasteiger partial charge in [-0.1, -0.05) is 18.2 Å². The van der Waals surface area contributed by atoms with E-state index >= 15 is 0 Å². The molecule has 1 saturated heterocycles. The lowest BCUT2D eigenvalue weighted by Crippen LogP contribution is -2.32. The minimum absolute atomic E-state index is 0.0500. The first-order valence-electron chi connectivity index (χ1n) is 8.28. The fourth-order valence-corrected chi connectivity index (χ4v) is 4.04. The summed E-state index contributed by atoms with van der Waals surface area (Å²) in [5, 5.41) is 0. The van der Waals surface area contributed by atoms with Gasteiger partial charge in [-0.25, -0.2) is 4.39 Å². The Morgan fingerprint density at radius 1 is 1.13 bits per heavy atom. The second kappa shape index (κ2) is 5.97. The number of halogens is 1. The molecule has 3 heteroatoms. The highest BCUT2D eigenvalue weighted by Gasteiger charge is 2.36. The highest BCUT2D eigenvalue weighted by molar-refractivity contribution is 5.40. The molecule has 4 rings (SSSR count). The molecule has 1 heterocycles. The summed E-state index contributed by atoms with van der Waals surface area (Å²) in [5.74, 6) is 1.80. The minimum Gasteiger partial charge on any atom is -0.497 e. The van der Waals surface area contributed by atoms with Crippen LogP contribution in [0.15, 0.2) is 42.5 Å². The van der Waals surface area contributed by atoms with Crippen molar-refractivity contribution < 1.29 is 13.9 Å². The largest absolute Gasteiger partial charge is 0.497 e. The molecule has 0 spiro atoms. The van der Waals surface area contributed by atoms with Gasteiger partial charge < -0.3 is 9.47 Å². The van der Waals surface area contributed by atoms with Crippen molar-refractivity contribution in [3.63, 3.8) is 0 Å². The summed E-state index contributed by atoms with van der Waals surface area (Å²) in [5.41, 5.74) is 3.92. The third kappa shape index (κ3) is 2.74. The Bertz CT molecular complexity index is 695. The Balaban J connectivity index is 1.63. The topological polar surface area (TPSA) is 18.5 Å². The maximum atomic E-state index is 13.1. The number of hydrogen-bond donors (Lipinski definition) is 0. The highest BCUT2D eigenvalue weighted by Crippen LogP contribution is 2.47. The normalized spacial score (nSPS) is 26.3. The zero-order chi connectivity index (χ0) is 15.8. The number of rotatable bonds is 2. The van der Waals surface area contributed by atoms with Crippen molar-refractivity contribution in [1.82, 2.24) is 0 Å². The Kier molecular flexibility index (Phi) is 3.82. The Hall–Kier alpha value is -1.87. The molecule has 120 valence electrons. The molecule has 2 aromatic rings. The molecule has 0 unspecified atom stereocenters. The van der Waals surface area contributed by atoms with E-state index in [2.05, 4.69) is 18.2 Å². The summed E-state index contributed by atoms with van der Waals surface area (Å²) < 4.78 is 24.7. The first kappa shape index (κ1) is 14.7. The number of benzene rings is 2. The molecule has 0 saturated carbocycles. The number of hydrogen-bond acceptors (Lipinski definition) is 2. The van der Waals surface area contributed by atoms with E-state index in [-0.39, 0.29) is 11.9 Å². The first-order valence-corrected chi connectivity index (χ1v) is 8.28. The van der Waals surface area contributed by atoms with E-state index in [9.17, 15) is 4.39 Å². The molecule has 0 bridgehead atoms. The van der Waals surface area contributed by atoms with Crippen molar-refractivity contribution in [2.45, 2.75) is 31.3 Å². The van der Waals surface area contributed by atoms with E-state index in [1.54, 1.807) is 7.11 Å². The molecule has 1 aliphatic heterocycles. The Labute approximate surface area is 136 Å². The molecule has 0 amide bonds. The van der Waals surface area contributed by atoms with Gasteiger partial charge in [-0.05, 0) is 72.1 Å². The van der Waals surface area contributed by atoms with Crippen molar-refractivity contribution in [2.75, 3.05) is 13.7 Å². The molecule has 2 nitrogen and oxygen atoms in total. The van der Waals surface area contributed by atoms with Gasteiger partial charge in [0.1, 0.15) is 11.6 Å². The maximum absolute atomic E-state index is 13.1. The molecule has 2 aromatic carbocycles. The van der Waals surface area contributed by atoms with Crippen LogP contribution in [0.1, 0.15) is 41.6 Å². The smallest absolute Gasteiger partial charge is 0.123 e. The molecule has 0 aromatic heterocycles. The molecular weight excluding hydrogens is 291 g/mol. The average Bonchev–Trinajstić information content (AvgIpc) is 2.61. The average molecular weight is 312 g/mol. The van der Waals surface area contributed by atoms with Crippen LogP contribution in [0, 0.1) is 11.7 Å². The quantitative estimate of drug-likeness (QED) is 0.804. The zero-order valence-corrected chi connectivity index (χ0v) is 13.3.